The van der Waals surface area contributed by atoms with Gasteiger partial charge < -0.3 is 10.2 Å². The highest BCUT2D eigenvalue weighted by Gasteiger charge is 2.29. The summed E-state index contributed by atoms with van der Waals surface area (Å²) < 4.78 is 51.3. The molecule has 0 aromatic heterocycles. The van der Waals surface area contributed by atoms with E-state index in [0.717, 1.165) is 35.3 Å². The summed E-state index contributed by atoms with van der Waals surface area (Å²) >= 11 is 0. The summed E-state index contributed by atoms with van der Waals surface area (Å²) in [5, 5.41) is 2.65. The average molecular weight is 363 g/mol. The summed E-state index contributed by atoms with van der Waals surface area (Å²) in [6, 6.07) is 1.61. The van der Waals surface area contributed by atoms with Crippen LogP contribution in [0.25, 0.3) is 0 Å². The van der Waals surface area contributed by atoms with Crippen molar-refractivity contribution in [3.63, 3.8) is 0 Å². The number of carbonyl (C=O) groups excluding carboxylic acids is 1. The van der Waals surface area contributed by atoms with Crippen LogP contribution in [0.1, 0.15) is 13.3 Å². The molecule has 0 fully saturated rings. The monoisotopic (exact) mass is 363 g/mol. The van der Waals surface area contributed by atoms with Crippen molar-refractivity contribution in [1.29, 1.82) is 0 Å². The second kappa shape index (κ2) is 8.39. The molecule has 0 spiro atoms. The molecule has 136 valence electrons. The number of hydrogen-bond donors (Lipinski definition) is 1. The topological polar surface area (TPSA) is 69.7 Å². The van der Waals surface area contributed by atoms with Crippen molar-refractivity contribution in [3.05, 3.63) is 29.8 Å². The third-order valence-corrected chi connectivity index (χ3v) is 4.57. The highest BCUT2D eigenvalue weighted by molar-refractivity contribution is 7.92. The Labute approximate surface area is 141 Å². The molecule has 1 aromatic carbocycles. The number of nitrogens with one attached hydrogen (secondary N) is 1. The van der Waals surface area contributed by atoms with E-state index in [0.29, 0.717) is 13.0 Å². The third-order valence-electron chi connectivity index (χ3n) is 3.33. The molecule has 9 heteroatoms. The Bertz CT molecular complexity index is 681. The third kappa shape index (κ3) is 5.72. The van der Waals surface area contributed by atoms with Gasteiger partial charge in [0, 0.05) is 12.6 Å². The number of hydrogen-bond acceptors (Lipinski definition) is 4. The minimum atomic E-state index is -3.86. The van der Waals surface area contributed by atoms with Crippen LogP contribution < -0.4 is 9.62 Å². The zero-order valence-electron chi connectivity index (χ0n) is 14.2. The number of anilines is 1. The molecule has 0 bridgehead atoms. The molecule has 1 rings (SSSR count). The molecule has 0 aliphatic heterocycles. The van der Waals surface area contributed by atoms with Gasteiger partial charge in [0.15, 0.2) is 11.6 Å². The van der Waals surface area contributed by atoms with Gasteiger partial charge in [0.2, 0.25) is 15.9 Å². The van der Waals surface area contributed by atoms with Crippen LogP contribution in [0.4, 0.5) is 14.5 Å². The Hall–Kier alpha value is -1.74. The normalized spacial score (nSPS) is 13.0. The van der Waals surface area contributed by atoms with Gasteiger partial charge in [-0.25, -0.2) is 17.2 Å². The van der Waals surface area contributed by atoms with E-state index in [4.69, 9.17) is 0 Å². The van der Waals surface area contributed by atoms with E-state index in [1.165, 1.54) is 6.92 Å². The SMILES string of the molecule is CC(C(=O)NCCCN(C)C)N(c1ccc(F)c(F)c1)S(C)(=O)=O. The number of benzene rings is 1. The molecule has 24 heavy (non-hydrogen) atoms. The quantitative estimate of drug-likeness (QED) is 0.705. The van der Waals surface area contributed by atoms with E-state index in [-0.39, 0.29) is 5.69 Å². The van der Waals surface area contributed by atoms with Crippen LogP contribution >= 0.6 is 0 Å². The lowest BCUT2D eigenvalue weighted by Crippen LogP contribution is -2.48. The van der Waals surface area contributed by atoms with Gasteiger partial charge in [-0.2, -0.15) is 0 Å². The van der Waals surface area contributed by atoms with Gasteiger partial charge in [-0.05, 0) is 46.1 Å². The number of sulfonamides is 1. The zero-order valence-corrected chi connectivity index (χ0v) is 15.0. The van der Waals surface area contributed by atoms with Crippen LogP contribution in [0.15, 0.2) is 18.2 Å². The highest BCUT2D eigenvalue weighted by Crippen LogP contribution is 2.23. The van der Waals surface area contributed by atoms with Gasteiger partial charge in [0.1, 0.15) is 6.04 Å². The molecule has 0 radical (unpaired) electrons. The molecule has 0 saturated carbocycles. The fourth-order valence-corrected chi connectivity index (χ4v) is 3.35. The molecule has 1 N–H and O–H groups in total. The van der Waals surface area contributed by atoms with E-state index >= 15 is 0 Å². The van der Waals surface area contributed by atoms with Gasteiger partial charge in [-0.1, -0.05) is 0 Å². The molecular weight excluding hydrogens is 340 g/mol. The van der Waals surface area contributed by atoms with Crippen molar-refractivity contribution in [1.82, 2.24) is 10.2 Å². The smallest absolute Gasteiger partial charge is 0.243 e. The molecule has 1 aromatic rings. The predicted molar refractivity (Wildman–Crippen MR) is 89.3 cm³/mol. The Morgan fingerprint density at radius 2 is 1.88 bits per heavy atom. The van der Waals surface area contributed by atoms with E-state index in [9.17, 15) is 22.0 Å². The summed E-state index contributed by atoms with van der Waals surface area (Å²) in [4.78, 5) is 14.2. The molecular formula is C15H23F2N3O3S. The first-order chi connectivity index (χ1) is 11.0. The second-order valence-corrected chi connectivity index (χ2v) is 7.64. The zero-order chi connectivity index (χ0) is 18.5. The Kier molecular flexibility index (Phi) is 7.09. The van der Waals surface area contributed by atoms with Crippen LogP contribution in [0.2, 0.25) is 0 Å². The largest absolute Gasteiger partial charge is 0.354 e. The summed E-state index contributed by atoms with van der Waals surface area (Å²) in [6.07, 6.45) is 1.61. The summed E-state index contributed by atoms with van der Waals surface area (Å²) in [7, 11) is -0.0573. The van der Waals surface area contributed by atoms with Crippen LogP contribution in [0.3, 0.4) is 0 Å². The lowest BCUT2D eigenvalue weighted by Gasteiger charge is -2.28. The van der Waals surface area contributed by atoms with Gasteiger partial charge in [-0.3, -0.25) is 9.10 Å². The maximum atomic E-state index is 13.4. The standard InChI is InChI=1S/C15H23F2N3O3S/c1-11(15(21)18-8-5-9-19(2)3)20(24(4,22)23)12-6-7-13(16)14(17)10-12/h6-7,10-11H,5,8-9H2,1-4H3,(H,18,21). The first-order valence-electron chi connectivity index (χ1n) is 7.41. The molecule has 1 amide bonds. The van der Waals surface area contributed by atoms with Crippen molar-refractivity contribution >= 4 is 21.6 Å². The van der Waals surface area contributed by atoms with Crippen molar-refractivity contribution in [2.45, 2.75) is 19.4 Å². The van der Waals surface area contributed by atoms with E-state index < -0.39 is 33.6 Å². The van der Waals surface area contributed by atoms with Crippen molar-refractivity contribution < 1.29 is 22.0 Å². The lowest BCUT2D eigenvalue weighted by molar-refractivity contribution is -0.121. The number of carbonyl (C=O) groups is 1. The van der Waals surface area contributed by atoms with Gasteiger partial charge in [-0.15, -0.1) is 0 Å². The van der Waals surface area contributed by atoms with E-state index in [2.05, 4.69) is 5.32 Å². The number of halogens is 2. The number of nitrogens with zero attached hydrogens (tertiary/aromatic N) is 2. The van der Waals surface area contributed by atoms with Crippen molar-refractivity contribution in [3.8, 4) is 0 Å². The van der Waals surface area contributed by atoms with Crippen molar-refractivity contribution in [2.75, 3.05) is 37.7 Å². The Balaban J connectivity index is 2.92. The maximum Gasteiger partial charge on any atom is 0.243 e. The minimum absolute atomic E-state index is 0.104. The summed E-state index contributed by atoms with van der Waals surface area (Å²) in [6.45, 7) is 2.55. The molecule has 0 saturated heterocycles. The first kappa shape index (κ1) is 20.3. The van der Waals surface area contributed by atoms with Gasteiger partial charge in [0.25, 0.3) is 0 Å². The Morgan fingerprint density at radius 3 is 2.38 bits per heavy atom. The second-order valence-electron chi connectivity index (χ2n) is 5.78. The van der Waals surface area contributed by atoms with Gasteiger partial charge in [0.05, 0.1) is 11.9 Å². The molecule has 0 heterocycles. The van der Waals surface area contributed by atoms with Crippen LogP contribution in [-0.4, -0.2) is 58.7 Å². The van der Waals surface area contributed by atoms with Crippen molar-refractivity contribution in [2.24, 2.45) is 0 Å². The van der Waals surface area contributed by atoms with Crippen LogP contribution in [0.5, 0.6) is 0 Å². The first-order valence-corrected chi connectivity index (χ1v) is 9.25. The molecule has 1 atom stereocenters. The summed E-state index contributed by atoms with van der Waals surface area (Å²) in [5.41, 5.74) is -0.104. The van der Waals surface area contributed by atoms with E-state index in [1.54, 1.807) is 0 Å². The fraction of sp³-hybridized carbons (Fsp3) is 0.533. The average Bonchev–Trinajstić information content (AvgIpc) is 2.45. The minimum Gasteiger partial charge on any atom is -0.354 e. The van der Waals surface area contributed by atoms with Crippen LogP contribution in [-0.2, 0) is 14.8 Å². The Morgan fingerprint density at radius 1 is 1.25 bits per heavy atom. The lowest BCUT2D eigenvalue weighted by atomic mass is 10.2. The number of amides is 1. The molecule has 1 unspecified atom stereocenters. The predicted octanol–water partition coefficient (Wildman–Crippen LogP) is 1.19. The highest BCUT2D eigenvalue weighted by atomic mass is 32.2. The number of rotatable bonds is 8. The maximum absolute atomic E-state index is 13.4. The fourth-order valence-electron chi connectivity index (χ4n) is 2.19. The van der Waals surface area contributed by atoms with E-state index in [1.807, 2.05) is 19.0 Å². The molecule has 0 aliphatic carbocycles. The van der Waals surface area contributed by atoms with Crippen LogP contribution in [0, 0.1) is 11.6 Å². The summed E-state index contributed by atoms with van der Waals surface area (Å²) in [5.74, 6) is -2.78. The van der Waals surface area contributed by atoms with Gasteiger partial charge >= 0.3 is 0 Å². The molecule has 6 nitrogen and oxygen atoms in total. The molecule has 0 aliphatic rings.